The van der Waals surface area contributed by atoms with E-state index in [1.165, 1.54) is 6.07 Å². The summed E-state index contributed by atoms with van der Waals surface area (Å²) >= 11 is 0. The fraction of sp³-hybridized carbons (Fsp3) is 0.417. The maximum atomic E-state index is 14.9. The van der Waals surface area contributed by atoms with Gasteiger partial charge in [0, 0.05) is 42.5 Å². The molecule has 1 amide bonds. The Hall–Kier alpha value is -3.13. The van der Waals surface area contributed by atoms with Crippen LogP contribution in [0.25, 0.3) is 11.1 Å². The molecule has 1 saturated heterocycles. The predicted octanol–water partition coefficient (Wildman–Crippen LogP) is 3.05. The third kappa shape index (κ3) is 3.39. The first-order chi connectivity index (χ1) is 15.5. The third-order valence-corrected chi connectivity index (χ3v) is 6.66. The van der Waals surface area contributed by atoms with Gasteiger partial charge in [0.2, 0.25) is 0 Å². The molecule has 2 aromatic rings. The van der Waals surface area contributed by atoms with Crippen LogP contribution >= 0.6 is 0 Å². The summed E-state index contributed by atoms with van der Waals surface area (Å²) in [5, 5.41) is 4.20. The average molecular weight is 438 g/mol. The van der Waals surface area contributed by atoms with Crippen molar-refractivity contribution in [1.82, 2.24) is 10.3 Å². The third-order valence-electron chi connectivity index (χ3n) is 6.66. The molecule has 2 atom stereocenters. The van der Waals surface area contributed by atoms with Crippen LogP contribution in [0.15, 0.2) is 41.5 Å². The Morgan fingerprint density at radius 1 is 1.19 bits per heavy atom. The maximum Gasteiger partial charge on any atom is 0.262 e. The lowest BCUT2D eigenvalue weighted by atomic mass is 9.97. The van der Waals surface area contributed by atoms with Gasteiger partial charge in [0.25, 0.3) is 5.91 Å². The highest BCUT2D eigenvalue weighted by atomic mass is 19.1. The summed E-state index contributed by atoms with van der Waals surface area (Å²) in [4.78, 5) is 19.0. The number of nitrogens with zero attached hydrogens (tertiary/aromatic N) is 4. The van der Waals surface area contributed by atoms with Crippen LogP contribution in [-0.2, 0) is 4.79 Å². The number of nitrogens with one attached hydrogen (secondary N) is 1. The highest BCUT2D eigenvalue weighted by molar-refractivity contribution is 6.10. The summed E-state index contributed by atoms with van der Waals surface area (Å²) in [6.45, 7) is 7.00. The van der Waals surface area contributed by atoms with Crippen molar-refractivity contribution < 1.29 is 13.9 Å². The van der Waals surface area contributed by atoms with Gasteiger partial charge < -0.3 is 19.4 Å². The van der Waals surface area contributed by atoms with E-state index in [1.54, 1.807) is 6.07 Å². The second-order valence-corrected chi connectivity index (χ2v) is 8.67. The van der Waals surface area contributed by atoms with Gasteiger partial charge in [-0.1, -0.05) is 25.1 Å². The molecule has 0 saturated carbocycles. The first-order valence-electron chi connectivity index (χ1n) is 11.1. The van der Waals surface area contributed by atoms with E-state index in [-0.39, 0.29) is 18.3 Å². The molecule has 1 N–H and O–H groups in total. The van der Waals surface area contributed by atoms with Crippen molar-refractivity contribution in [2.45, 2.75) is 32.4 Å². The summed E-state index contributed by atoms with van der Waals surface area (Å²) < 4.78 is 20.9. The number of hydrogen-bond donors (Lipinski definition) is 1. The summed E-state index contributed by atoms with van der Waals surface area (Å²) in [5.74, 6) is 0.876. The van der Waals surface area contributed by atoms with Gasteiger partial charge in [-0.3, -0.25) is 4.79 Å². The molecule has 2 aromatic carbocycles. The van der Waals surface area contributed by atoms with Gasteiger partial charge in [-0.15, -0.1) is 0 Å². The highest BCUT2D eigenvalue weighted by Gasteiger charge is 2.37. The molecule has 0 spiro atoms. The summed E-state index contributed by atoms with van der Waals surface area (Å²) in [6.07, 6.45) is 0.976. The SMILES string of the molecule is CC[C@H]1CN(C)CCN1c1cc2c(cc1-c1ccccc1F)OCC1=NNC(=O)[C@@H](C)N12. The zero-order chi connectivity index (χ0) is 22.4. The maximum absolute atomic E-state index is 14.9. The number of hydrogen-bond acceptors (Lipinski definition) is 6. The average Bonchev–Trinajstić information content (AvgIpc) is 2.80. The van der Waals surface area contributed by atoms with Crippen LogP contribution in [-0.4, -0.2) is 62.0 Å². The van der Waals surface area contributed by atoms with Gasteiger partial charge in [-0.2, -0.15) is 5.10 Å². The van der Waals surface area contributed by atoms with Crippen molar-refractivity contribution in [3.05, 3.63) is 42.2 Å². The van der Waals surface area contributed by atoms with Crippen LogP contribution in [0.5, 0.6) is 5.75 Å². The molecule has 0 unspecified atom stereocenters. The summed E-state index contributed by atoms with van der Waals surface area (Å²) in [7, 11) is 2.13. The Kier molecular flexibility index (Phi) is 5.25. The first-order valence-corrected chi connectivity index (χ1v) is 11.1. The largest absolute Gasteiger partial charge is 0.483 e. The van der Waals surface area contributed by atoms with E-state index in [2.05, 4.69) is 40.4 Å². The molecular weight excluding hydrogens is 409 g/mol. The van der Waals surface area contributed by atoms with E-state index in [9.17, 15) is 9.18 Å². The van der Waals surface area contributed by atoms with E-state index in [4.69, 9.17) is 4.74 Å². The van der Waals surface area contributed by atoms with Crippen molar-refractivity contribution in [2.24, 2.45) is 5.10 Å². The topological polar surface area (TPSA) is 60.4 Å². The van der Waals surface area contributed by atoms with E-state index >= 15 is 0 Å². The van der Waals surface area contributed by atoms with Crippen molar-refractivity contribution in [2.75, 3.05) is 43.1 Å². The molecule has 5 rings (SSSR count). The van der Waals surface area contributed by atoms with Crippen LogP contribution in [0.1, 0.15) is 20.3 Å². The van der Waals surface area contributed by atoms with Gasteiger partial charge in [-0.25, -0.2) is 9.82 Å². The molecule has 168 valence electrons. The zero-order valence-corrected chi connectivity index (χ0v) is 18.6. The van der Waals surface area contributed by atoms with E-state index in [1.807, 2.05) is 30.0 Å². The van der Waals surface area contributed by atoms with E-state index < -0.39 is 6.04 Å². The quantitative estimate of drug-likeness (QED) is 0.800. The first kappa shape index (κ1) is 20.8. The molecular formula is C24H28FN5O2. The number of carbonyl (C=O) groups is 1. The number of hydrazone groups is 1. The Morgan fingerprint density at radius 3 is 2.78 bits per heavy atom. The Balaban J connectivity index is 1.70. The Labute approximate surface area is 187 Å². The minimum absolute atomic E-state index is 0.160. The summed E-state index contributed by atoms with van der Waals surface area (Å²) in [6, 6.07) is 10.7. The van der Waals surface area contributed by atoms with Gasteiger partial charge in [0.1, 0.15) is 24.2 Å². The fourth-order valence-electron chi connectivity index (χ4n) is 4.87. The number of rotatable bonds is 3. The monoisotopic (exact) mass is 437 g/mol. The van der Waals surface area contributed by atoms with Crippen LogP contribution in [0.4, 0.5) is 15.8 Å². The molecule has 32 heavy (non-hydrogen) atoms. The van der Waals surface area contributed by atoms with Crippen LogP contribution < -0.4 is 20.0 Å². The zero-order valence-electron chi connectivity index (χ0n) is 18.6. The molecule has 1 fully saturated rings. The second kappa shape index (κ2) is 8.09. The lowest BCUT2D eigenvalue weighted by Crippen LogP contribution is -2.55. The molecule has 0 aromatic heterocycles. The number of carbonyl (C=O) groups excluding carboxylic acids is 1. The number of amidine groups is 1. The van der Waals surface area contributed by atoms with Crippen LogP contribution in [0.2, 0.25) is 0 Å². The molecule has 7 nitrogen and oxygen atoms in total. The van der Waals surface area contributed by atoms with Crippen LogP contribution in [0, 0.1) is 5.82 Å². The molecule has 3 aliphatic rings. The molecule has 0 aliphatic carbocycles. The van der Waals surface area contributed by atoms with Crippen LogP contribution in [0.3, 0.4) is 0 Å². The molecule has 3 heterocycles. The minimum atomic E-state index is -0.410. The number of ether oxygens (including phenoxy) is 1. The normalized spacial score (nSPS) is 23.1. The molecule has 8 heteroatoms. The number of amides is 1. The lowest BCUT2D eigenvalue weighted by molar-refractivity contribution is -0.122. The standard InChI is InChI=1S/C24H28FN5O2/c1-4-16-13-28(3)9-10-29(16)20-12-21-22(11-18(20)17-7-5-6-8-19(17)25)32-14-23-26-27-24(31)15(2)30(21)23/h5-8,11-12,15-16H,4,9-10,13-14H2,1-3H3,(H,27,31)/t15-,16+/m1/s1. The number of benzene rings is 2. The smallest absolute Gasteiger partial charge is 0.262 e. The van der Waals surface area contributed by atoms with Gasteiger partial charge in [0.15, 0.2) is 5.84 Å². The highest BCUT2D eigenvalue weighted by Crippen LogP contribution is 2.45. The van der Waals surface area contributed by atoms with Crippen molar-refractivity contribution in [1.29, 1.82) is 0 Å². The Morgan fingerprint density at radius 2 is 2.00 bits per heavy atom. The lowest BCUT2D eigenvalue weighted by Gasteiger charge is -2.44. The molecule has 0 bridgehead atoms. The number of likely N-dealkylation sites (N-methyl/N-ethyl adjacent to an activating group) is 1. The van der Waals surface area contributed by atoms with Crippen molar-refractivity contribution >= 4 is 23.1 Å². The van der Waals surface area contributed by atoms with Gasteiger partial charge in [0.05, 0.1) is 5.69 Å². The van der Waals surface area contributed by atoms with Gasteiger partial charge >= 0.3 is 0 Å². The van der Waals surface area contributed by atoms with Crippen molar-refractivity contribution in [3.63, 3.8) is 0 Å². The fourth-order valence-corrected chi connectivity index (χ4v) is 4.87. The van der Waals surface area contributed by atoms with E-state index in [0.717, 1.165) is 43.0 Å². The number of fused-ring (bicyclic) bond motifs is 3. The number of halogens is 1. The Bertz CT molecular complexity index is 1090. The van der Waals surface area contributed by atoms with E-state index in [0.29, 0.717) is 23.2 Å². The predicted molar refractivity (Wildman–Crippen MR) is 124 cm³/mol. The molecule has 3 aliphatic heterocycles. The van der Waals surface area contributed by atoms with Crippen molar-refractivity contribution in [3.8, 4) is 16.9 Å². The second-order valence-electron chi connectivity index (χ2n) is 8.67. The number of piperazine rings is 1. The molecule has 0 radical (unpaired) electrons. The minimum Gasteiger partial charge on any atom is -0.483 e. The summed E-state index contributed by atoms with van der Waals surface area (Å²) in [5.41, 5.74) is 5.67. The van der Waals surface area contributed by atoms with Gasteiger partial charge in [-0.05, 0) is 38.6 Å². The number of anilines is 2.